The van der Waals surface area contributed by atoms with Gasteiger partial charge in [-0.3, -0.25) is 18.7 Å². The highest BCUT2D eigenvalue weighted by molar-refractivity contribution is 5.79. The van der Waals surface area contributed by atoms with Crippen molar-refractivity contribution in [1.29, 1.82) is 0 Å². The highest BCUT2D eigenvalue weighted by Gasteiger charge is 2.13. The first kappa shape index (κ1) is 13.0. The Bertz CT molecular complexity index is 745. The van der Waals surface area contributed by atoms with Gasteiger partial charge in [0.05, 0.1) is 10.9 Å². The molecule has 100 valence electrons. The van der Waals surface area contributed by atoms with E-state index in [1.54, 1.807) is 24.3 Å². The zero-order valence-electron chi connectivity index (χ0n) is 10.1. The molecule has 0 radical (unpaired) electrons. The highest BCUT2D eigenvalue weighted by Crippen LogP contribution is 2.07. The van der Waals surface area contributed by atoms with Crippen molar-refractivity contribution in [2.24, 2.45) is 5.73 Å². The van der Waals surface area contributed by atoms with Gasteiger partial charge in [0, 0.05) is 13.1 Å². The number of carboxylic acids is 1. The van der Waals surface area contributed by atoms with Gasteiger partial charge < -0.3 is 10.8 Å². The summed E-state index contributed by atoms with van der Waals surface area (Å²) < 4.78 is 2.03. The molecule has 0 bridgehead atoms. The first-order chi connectivity index (χ1) is 9.06. The van der Waals surface area contributed by atoms with E-state index in [4.69, 9.17) is 10.8 Å². The predicted molar refractivity (Wildman–Crippen MR) is 69.2 cm³/mol. The summed E-state index contributed by atoms with van der Waals surface area (Å²) in [4.78, 5) is 35.1. The molecule has 1 heterocycles. The van der Waals surface area contributed by atoms with E-state index in [0.717, 1.165) is 9.13 Å². The lowest BCUT2D eigenvalue weighted by Gasteiger charge is -2.11. The van der Waals surface area contributed by atoms with Crippen LogP contribution in [0.5, 0.6) is 0 Å². The van der Waals surface area contributed by atoms with Gasteiger partial charge in [-0.15, -0.1) is 0 Å². The smallest absolute Gasteiger partial charge is 0.332 e. The largest absolute Gasteiger partial charge is 0.480 e. The summed E-state index contributed by atoms with van der Waals surface area (Å²) in [6.45, 7) is -0.313. The number of nitrogens with two attached hydrogens (primary N) is 1. The lowest BCUT2D eigenvalue weighted by molar-refractivity contribution is -0.137. The van der Waals surface area contributed by atoms with Crippen LogP contribution in [0.15, 0.2) is 33.9 Å². The standard InChI is InChI=1S/C12H13N3O4/c13-5-6-14-11(18)8-3-1-2-4-9(8)15(12(14)19)7-10(16)17/h1-4H,5-7,13H2,(H,16,17). The summed E-state index contributed by atoms with van der Waals surface area (Å²) in [5.41, 5.74) is 4.58. The van der Waals surface area contributed by atoms with Crippen molar-refractivity contribution in [1.82, 2.24) is 9.13 Å². The van der Waals surface area contributed by atoms with Crippen LogP contribution in [0.2, 0.25) is 0 Å². The number of fused-ring (bicyclic) bond motifs is 1. The van der Waals surface area contributed by atoms with Gasteiger partial charge in [0.2, 0.25) is 0 Å². The molecular formula is C12H13N3O4. The van der Waals surface area contributed by atoms with Crippen LogP contribution in [0.3, 0.4) is 0 Å². The molecule has 0 unspecified atom stereocenters. The normalized spacial score (nSPS) is 10.8. The van der Waals surface area contributed by atoms with E-state index < -0.39 is 23.8 Å². The van der Waals surface area contributed by atoms with Gasteiger partial charge in [-0.25, -0.2) is 4.79 Å². The van der Waals surface area contributed by atoms with Gasteiger partial charge in [-0.1, -0.05) is 12.1 Å². The summed E-state index contributed by atoms with van der Waals surface area (Å²) in [7, 11) is 0. The van der Waals surface area contributed by atoms with Gasteiger partial charge >= 0.3 is 11.7 Å². The third-order valence-electron chi connectivity index (χ3n) is 2.78. The number of carbonyl (C=O) groups is 1. The van der Waals surface area contributed by atoms with Crippen LogP contribution in [0, 0.1) is 0 Å². The summed E-state index contributed by atoms with van der Waals surface area (Å²) in [6.07, 6.45) is 0. The second kappa shape index (κ2) is 5.07. The van der Waals surface area contributed by atoms with E-state index in [1.165, 1.54) is 0 Å². The molecule has 19 heavy (non-hydrogen) atoms. The minimum atomic E-state index is -1.15. The van der Waals surface area contributed by atoms with Crippen molar-refractivity contribution < 1.29 is 9.90 Å². The van der Waals surface area contributed by atoms with Crippen LogP contribution in [0.1, 0.15) is 0 Å². The first-order valence-corrected chi connectivity index (χ1v) is 5.70. The summed E-state index contributed by atoms with van der Waals surface area (Å²) in [6, 6.07) is 6.41. The van der Waals surface area contributed by atoms with Gasteiger partial charge in [-0.05, 0) is 12.1 Å². The minimum absolute atomic E-state index is 0.0577. The third kappa shape index (κ3) is 2.27. The van der Waals surface area contributed by atoms with Crippen LogP contribution in [-0.4, -0.2) is 26.8 Å². The van der Waals surface area contributed by atoms with Crippen molar-refractivity contribution in [2.45, 2.75) is 13.1 Å². The van der Waals surface area contributed by atoms with Crippen molar-refractivity contribution in [2.75, 3.05) is 6.54 Å². The molecule has 0 aliphatic rings. The lowest BCUT2D eigenvalue weighted by Crippen LogP contribution is -2.42. The molecule has 0 spiro atoms. The number of hydrogen-bond acceptors (Lipinski definition) is 4. The Morgan fingerprint density at radius 2 is 1.89 bits per heavy atom. The van der Waals surface area contributed by atoms with Crippen molar-refractivity contribution in [3.05, 3.63) is 45.1 Å². The molecular weight excluding hydrogens is 250 g/mol. The second-order valence-corrected chi connectivity index (χ2v) is 4.03. The number of rotatable bonds is 4. The second-order valence-electron chi connectivity index (χ2n) is 4.03. The summed E-state index contributed by atoms with van der Waals surface area (Å²) in [5, 5.41) is 9.17. The summed E-state index contributed by atoms with van der Waals surface area (Å²) >= 11 is 0. The first-order valence-electron chi connectivity index (χ1n) is 5.70. The SMILES string of the molecule is NCCn1c(=O)c2ccccc2n(CC(=O)O)c1=O. The molecule has 7 nitrogen and oxygen atoms in total. The maximum Gasteiger partial charge on any atom is 0.332 e. The Kier molecular flexibility index (Phi) is 3.48. The highest BCUT2D eigenvalue weighted by atomic mass is 16.4. The molecule has 3 N–H and O–H groups in total. The number of nitrogens with zero attached hydrogens (tertiary/aromatic N) is 2. The fourth-order valence-corrected chi connectivity index (χ4v) is 1.99. The van der Waals surface area contributed by atoms with E-state index in [1.807, 2.05) is 0 Å². The molecule has 0 fully saturated rings. The molecule has 7 heteroatoms. The average molecular weight is 263 g/mol. The van der Waals surface area contributed by atoms with Crippen molar-refractivity contribution in [3.8, 4) is 0 Å². The van der Waals surface area contributed by atoms with E-state index >= 15 is 0 Å². The van der Waals surface area contributed by atoms with Crippen LogP contribution < -0.4 is 17.0 Å². The van der Waals surface area contributed by atoms with E-state index in [-0.39, 0.29) is 13.1 Å². The molecule has 0 saturated carbocycles. The van der Waals surface area contributed by atoms with Crippen molar-refractivity contribution in [3.63, 3.8) is 0 Å². The Balaban J connectivity index is 2.88. The van der Waals surface area contributed by atoms with Crippen LogP contribution in [0.25, 0.3) is 10.9 Å². The zero-order chi connectivity index (χ0) is 14.0. The van der Waals surface area contributed by atoms with Gasteiger partial charge in [0.25, 0.3) is 5.56 Å². The molecule has 0 aliphatic heterocycles. The molecule has 2 aromatic rings. The maximum atomic E-state index is 12.1. The van der Waals surface area contributed by atoms with Crippen LogP contribution in [0.4, 0.5) is 0 Å². The Labute approximate surface area is 107 Å². The van der Waals surface area contributed by atoms with Gasteiger partial charge in [-0.2, -0.15) is 0 Å². The molecule has 0 atom stereocenters. The number of benzene rings is 1. The lowest BCUT2D eigenvalue weighted by atomic mass is 10.2. The average Bonchev–Trinajstić information content (AvgIpc) is 2.39. The molecule has 1 aromatic heterocycles. The number of hydrogen-bond donors (Lipinski definition) is 2. The minimum Gasteiger partial charge on any atom is -0.480 e. The van der Waals surface area contributed by atoms with E-state index in [9.17, 15) is 14.4 Å². The molecule has 2 rings (SSSR count). The Morgan fingerprint density at radius 1 is 1.21 bits per heavy atom. The number of aliphatic carboxylic acids is 1. The van der Waals surface area contributed by atoms with Gasteiger partial charge in [0.1, 0.15) is 6.54 Å². The fourth-order valence-electron chi connectivity index (χ4n) is 1.99. The fraction of sp³-hybridized carbons (Fsp3) is 0.250. The number of carboxylic acid groups (broad SMARTS) is 1. The number of aromatic nitrogens is 2. The Morgan fingerprint density at radius 3 is 2.53 bits per heavy atom. The van der Waals surface area contributed by atoms with E-state index in [2.05, 4.69) is 0 Å². The van der Waals surface area contributed by atoms with Gasteiger partial charge in [0.15, 0.2) is 0 Å². The summed E-state index contributed by atoms with van der Waals surface area (Å²) in [5.74, 6) is -1.15. The van der Waals surface area contributed by atoms with Crippen LogP contribution in [-0.2, 0) is 17.9 Å². The molecule has 0 saturated heterocycles. The predicted octanol–water partition coefficient (Wildman–Crippen LogP) is -0.794. The number of para-hydroxylation sites is 1. The zero-order valence-corrected chi connectivity index (χ0v) is 10.1. The third-order valence-corrected chi connectivity index (χ3v) is 2.78. The maximum absolute atomic E-state index is 12.1. The molecule has 0 amide bonds. The quantitative estimate of drug-likeness (QED) is 0.751. The van der Waals surface area contributed by atoms with Crippen molar-refractivity contribution >= 4 is 16.9 Å². The van der Waals surface area contributed by atoms with Crippen LogP contribution >= 0.6 is 0 Å². The molecule has 1 aromatic carbocycles. The Hall–Kier alpha value is -2.41. The van der Waals surface area contributed by atoms with E-state index in [0.29, 0.717) is 10.9 Å². The topological polar surface area (TPSA) is 107 Å². The molecule has 0 aliphatic carbocycles. The monoisotopic (exact) mass is 263 g/mol.